The molecule has 53 valence electrons. The lowest BCUT2D eigenvalue weighted by molar-refractivity contribution is 0.127. The molecule has 0 spiro atoms. The van der Waals surface area contributed by atoms with E-state index in [4.69, 9.17) is 4.74 Å². The molecule has 1 rings (SSSR count). The van der Waals surface area contributed by atoms with Gasteiger partial charge in [0.25, 0.3) is 0 Å². The Morgan fingerprint density at radius 2 is 2.33 bits per heavy atom. The summed E-state index contributed by atoms with van der Waals surface area (Å²) in [6.45, 7) is 5.36. The van der Waals surface area contributed by atoms with Crippen LogP contribution in [0.4, 0.5) is 0 Å². The van der Waals surface area contributed by atoms with Gasteiger partial charge >= 0.3 is 0 Å². The maximum absolute atomic E-state index is 5.41. The van der Waals surface area contributed by atoms with E-state index in [1.165, 1.54) is 12.8 Å². The Hall–Kier alpha value is -0.0400. The molecule has 0 amide bonds. The first-order valence-electron chi connectivity index (χ1n) is 3.75. The third kappa shape index (κ3) is 2.35. The molecule has 0 aromatic rings. The van der Waals surface area contributed by atoms with Gasteiger partial charge in [-0.15, -0.1) is 0 Å². The van der Waals surface area contributed by atoms with Crippen LogP contribution in [-0.2, 0) is 4.74 Å². The smallest absolute Gasteiger partial charge is 0.0610 e. The summed E-state index contributed by atoms with van der Waals surface area (Å²) in [4.78, 5) is 0. The number of hydrogen-bond donors (Lipinski definition) is 0. The largest absolute Gasteiger partial charge is 0.378 e. The zero-order valence-corrected chi connectivity index (χ0v) is 6.26. The highest BCUT2D eigenvalue weighted by atomic mass is 16.5. The third-order valence-electron chi connectivity index (χ3n) is 1.56. The van der Waals surface area contributed by atoms with Crippen molar-refractivity contribution < 1.29 is 4.74 Å². The van der Waals surface area contributed by atoms with E-state index in [2.05, 4.69) is 20.3 Å². The van der Waals surface area contributed by atoms with Gasteiger partial charge in [0.15, 0.2) is 0 Å². The Balaban J connectivity index is 2.11. The van der Waals surface area contributed by atoms with Gasteiger partial charge in [-0.3, -0.25) is 0 Å². The molecule has 1 saturated heterocycles. The zero-order chi connectivity index (χ0) is 6.69. The third-order valence-corrected chi connectivity index (χ3v) is 1.56. The zero-order valence-electron chi connectivity index (χ0n) is 6.26. The van der Waals surface area contributed by atoms with Crippen LogP contribution in [0.2, 0.25) is 0 Å². The molecule has 0 saturated carbocycles. The van der Waals surface area contributed by atoms with Crippen LogP contribution in [-0.4, -0.2) is 12.7 Å². The van der Waals surface area contributed by atoms with Crippen LogP contribution in [0.5, 0.6) is 0 Å². The van der Waals surface area contributed by atoms with Gasteiger partial charge in [-0.1, -0.05) is 13.8 Å². The topological polar surface area (TPSA) is 9.23 Å². The molecule has 1 radical (unpaired) electrons. The lowest BCUT2D eigenvalue weighted by atomic mass is 10.0. The molecule has 1 heteroatoms. The summed E-state index contributed by atoms with van der Waals surface area (Å²) in [6.07, 6.45) is 5.23. The van der Waals surface area contributed by atoms with Crippen LogP contribution in [0.3, 0.4) is 0 Å². The Morgan fingerprint density at radius 3 is 2.78 bits per heavy atom. The van der Waals surface area contributed by atoms with Crippen molar-refractivity contribution in [2.75, 3.05) is 6.61 Å². The first-order valence-corrected chi connectivity index (χ1v) is 3.75. The first-order chi connectivity index (χ1) is 4.29. The Bertz CT molecular complexity index is 72.6. The summed E-state index contributed by atoms with van der Waals surface area (Å²) in [7, 11) is 0. The van der Waals surface area contributed by atoms with Crippen LogP contribution in [0.15, 0.2) is 0 Å². The number of hydrogen-bond acceptors (Lipinski definition) is 1. The van der Waals surface area contributed by atoms with Gasteiger partial charge in [-0.25, -0.2) is 0 Å². The molecular formula is C8H15O. The van der Waals surface area contributed by atoms with Gasteiger partial charge in [0, 0.05) is 6.61 Å². The minimum Gasteiger partial charge on any atom is -0.378 e. The average Bonchev–Trinajstić information content (AvgIpc) is 2.15. The van der Waals surface area contributed by atoms with E-state index in [-0.39, 0.29) is 0 Å². The fourth-order valence-corrected chi connectivity index (χ4v) is 1.18. The highest BCUT2D eigenvalue weighted by Crippen LogP contribution is 2.17. The van der Waals surface area contributed by atoms with E-state index in [1.54, 1.807) is 0 Å². The molecule has 1 nitrogen and oxygen atoms in total. The molecular weight excluding hydrogens is 112 g/mol. The SMILES string of the molecule is CC(C)[CH][C@@H]1CCCO1. The molecule has 1 aliphatic heterocycles. The van der Waals surface area contributed by atoms with Crippen LogP contribution in [0.25, 0.3) is 0 Å². The van der Waals surface area contributed by atoms with Crippen LogP contribution in [0.1, 0.15) is 26.7 Å². The van der Waals surface area contributed by atoms with Gasteiger partial charge < -0.3 is 4.74 Å². The minimum absolute atomic E-state index is 0.463. The summed E-state index contributed by atoms with van der Waals surface area (Å²) in [5.41, 5.74) is 0. The highest BCUT2D eigenvalue weighted by Gasteiger charge is 2.16. The molecule has 0 aromatic carbocycles. The van der Waals surface area contributed by atoms with E-state index >= 15 is 0 Å². The predicted octanol–water partition coefficient (Wildman–Crippen LogP) is 2.03. The molecule has 0 N–H and O–H groups in total. The molecule has 0 aromatic heterocycles. The summed E-state index contributed by atoms with van der Waals surface area (Å²) in [5, 5.41) is 0. The molecule has 1 heterocycles. The number of rotatable bonds is 2. The fraction of sp³-hybridized carbons (Fsp3) is 0.875. The van der Waals surface area contributed by atoms with Gasteiger partial charge in [0.1, 0.15) is 0 Å². The van der Waals surface area contributed by atoms with Crippen molar-refractivity contribution in [3.63, 3.8) is 0 Å². The van der Waals surface area contributed by atoms with Crippen molar-refractivity contribution in [1.29, 1.82) is 0 Å². The molecule has 1 fully saturated rings. The molecule has 9 heavy (non-hydrogen) atoms. The summed E-state index contributed by atoms with van der Waals surface area (Å²) >= 11 is 0. The minimum atomic E-state index is 0.463. The van der Waals surface area contributed by atoms with Crippen LogP contribution >= 0.6 is 0 Å². The van der Waals surface area contributed by atoms with E-state index in [9.17, 15) is 0 Å². The molecule has 1 atom stereocenters. The van der Waals surface area contributed by atoms with Crippen molar-refractivity contribution in [3.8, 4) is 0 Å². The Morgan fingerprint density at radius 1 is 1.56 bits per heavy atom. The first kappa shape index (κ1) is 7.07. The average molecular weight is 127 g/mol. The number of ether oxygens (including phenoxy) is 1. The van der Waals surface area contributed by atoms with Crippen molar-refractivity contribution in [2.24, 2.45) is 5.92 Å². The van der Waals surface area contributed by atoms with Crippen molar-refractivity contribution >= 4 is 0 Å². The molecule has 0 bridgehead atoms. The van der Waals surface area contributed by atoms with Crippen LogP contribution in [0, 0.1) is 12.3 Å². The lowest BCUT2D eigenvalue weighted by Crippen LogP contribution is -2.09. The van der Waals surface area contributed by atoms with Crippen molar-refractivity contribution in [1.82, 2.24) is 0 Å². The van der Waals surface area contributed by atoms with E-state index in [1.807, 2.05) is 0 Å². The summed E-state index contributed by atoms with van der Waals surface area (Å²) < 4.78 is 5.41. The molecule has 0 unspecified atom stereocenters. The van der Waals surface area contributed by atoms with Crippen molar-refractivity contribution in [3.05, 3.63) is 6.42 Å². The quantitative estimate of drug-likeness (QED) is 0.551. The second-order valence-electron chi connectivity index (χ2n) is 2.99. The Kier molecular flexibility index (Phi) is 2.52. The lowest BCUT2D eigenvalue weighted by Gasteiger charge is -2.10. The van der Waals surface area contributed by atoms with Gasteiger partial charge in [0.05, 0.1) is 6.10 Å². The van der Waals surface area contributed by atoms with Gasteiger partial charge in [-0.05, 0) is 25.2 Å². The standard InChI is InChI=1S/C8H15O/c1-7(2)6-8-4-3-5-9-8/h6-8H,3-5H2,1-2H3/t8-/m0/s1. The second kappa shape index (κ2) is 3.21. The highest BCUT2D eigenvalue weighted by molar-refractivity contribution is 4.82. The maximum atomic E-state index is 5.41. The summed E-state index contributed by atoms with van der Waals surface area (Å²) in [5.74, 6) is 0.674. The predicted molar refractivity (Wildman–Crippen MR) is 38.1 cm³/mol. The van der Waals surface area contributed by atoms with Gasteiger partial charge in [0.2, 0.25) is 0 Å². The molecule has 0 aliphatic carbocycles. The van der Waals surface area contributed by atoms with Crippen LogP contribution < -0.4 is 0 Å². The maximum Gasteiger partial charge on any atom is 0.0610 e. The monoisotopic (exact) mass is 127 g/mol. The van der Waals surface area contributed by atoms with E-state index in [0.717, 1.165) is 6.61 Å². The fourth-order valence-electron chi connectivity index (χ4n) is 1.18. The molecule has 1 aliphatic rings. The normalized spacial score (nSPS) is 27.7. The van der Waals surface area contributed by atoms with Gasteiger partial charge in [-0.2, -0.15) is 0 Å². The second-order valence-corrected chi connectivity index (χ2v) is 2.99. The van der Waals surface area contributed by atoms with Crippen molar-refractivity contribution in [2.45, 2.75) is 32.8 Å². The summed E-state index contributed by atoms with van der Waals surface area (Å²) in [6, 6.07) is 0. The Labute approximate surface area is 57.4 Å². The van der Waals surface area contributed by atoms with E-state index in [0.29, 0.717) is 12.0 Å². The van der Waals surface area contributed by atoms with E-state index < -0.39 is 0 Å².